The molecular formula is C20H12ClFN4O2. The van der Waals surface area contributed by atoms with Gasteiger partial charge < -0.3 is 15.5 Å². The molecule has 2 aromatic carbocycles. The maximum absolute atomic E-state index is 14.6. The van der Waals surface area contributed by atoms with Crippen LogP contribution in [-0.2, 0) is 6.61 Å². The van der Waals surface area contributed by atoms with Crippen LogP contribution in [0.25, 0.3) is 11.1 Å². The van der Waals surface area contributed by atoms with Gasteiger partial charge in [-0.2, -0.15) is 10.5 Å². The molecule has 8 heteroatoms. The molecule has 6 nitrogen and oxygen atoms in total. The van der Waals surface area contributed by atoms with Gasteiger partial charge in [0.15, 0.2) is 11.6 Å². The summed E-state index contributed by atoms with van der Waals surface area (Å²) in [5.41, 5.74) is 5.39. The van der Waals surface area contributed by atoms with E-state index in [1.54, 1.807) is 30.3 Å². The quantitative estimate of drug-likeness (QED) is 0.699. The highest BCUT2D eigenvalue weighted by molar-refractivity contribution is 6.30. The first-order valence-corrected chi connectivity index (χ1v) is 8.35. The minimum absolute atomic E-state index is 0.0217. The molecule has 3 N–H and O–H groups in total. The molecule has 0 spiro atoms. The second kappa shape index (κ2) is 7.83. The lowest BCUT2D eigenvalue weighted by molar-refractivity contribution is 0.290. The van der Waals surface area contributed by atoms with Crippen LogP contribution in [-0.4, -0.2) is 4.98 Å². The zero-order chi connectivity index (χ0) is 20.3. The van der Waals surface area contributed by atoms with Crippen molar-refractivity contribution in [3.05, 3.63) is 80.3 Å². The fourth-order valence-electron chi connectivity index (χ4n) is 2.69. The number of halogens is 2. The molecule has 3 rings (SSSR count). The van der Waals surface area contributed by atoms with Gasteiger partial charge in [0.05, 0.1) is 0 Å². The smallest absolute Gasteiger partial charge is 0.268 e. The van der Waals surface area contributed by atoms with Crippen LogP contribution < -0.4 is 16.0 Å². The van der Waals surface area contributed by atoms with Crippen molar-refractivity contribution >= 4 is 17.4 Å². The van der Waals surface area contributed by atoms with Crippen molar-refractivity contribution in [2.45, 2.75) is 6.61 Å². The number of anilines is 1. The van der Waals surface area contributed by atoms with E-state index in [1.807, 2.05) is 6.07 Å². The molecule has 0 aliphatic heterocycles. The van der Waals surface area contributed by atoms with Gasteiger partial charge in [0.1, 0.15) is 35.7 Å². The van der Waals surface area contributed by atoms with Crippen LogP contribution in [0.4, 0.5) is 10.2 Å². The number of nitrogen functional groups attached to an aromatic ring is 1. The number of benzene rings is 2. The van der Waals surface area contributed by atoms with Gasteiger partial charge in [-0.3, -0.25) is 4.79 Å². The monoisotopic (exact) mass is 394 g/mol. The zero-order valence-electron chi connectivity index (χ0n) is 14.3. The number of nitrogens with one attached hydrogen (secondary N) is 1. The molecule has 0 saturated heterocycles. The van der Waals surface area contributed by atoms with E-state index < -0.39 is 11.4 Å². The lowest BCUT2D eigenvalue weighted by Gasteiger charge is -2.11. The lowest BCUT2D eigenvalue weighted by Crippen LogP contribution is -2.16. The van der Waals surface area contributed by atoms with E-state index in [1.165, 1.54) is 12.1 Å². The Morgan fingerprint density at radius 2 is 1.89 bits per heavy atom. The van der Waals surface area contributed by atoms with Crippen LogP contribution in [0.2, 0.25) is 5.02 Å². The van der Waals surface area contributed by atoms with Gasteiger partial charge in [0.2, 0.25) is 0 Å². The summed E-state index contributed by atoms with van der Waals surface area (Å²) in [4.78, 5) is 14.2. The van der Waals surface area contributed by atoms with E-state index in [-0.39, 0.29) is 40.4 Å². The van der Waals surface area contributed by atoms with Crippen molar-refractivity contribution in [3.63, 3.8) is 0 Å². The molecule has 28 heavy (non-hydrogen) atoms. The number of hydrogen-bond acceptors (Lipinski definition) is 5. The number of nitrogens with zero attached hydrogens (tertiary/aromatic N) is 2. The highest BCUT2D eigenvalue weighted by Gasteiger charge is 2.19. The Hall–Kier alpha value is -3.81. The molecule has 0 atom stereocenters. The molecule has 0 amide bonds. The Morgan fingerprint density at radius 3 is 2.54 bits per heavy atom. The van der Waals surface area contributed by atoms with E-state index in [0.717, 1.165) is 11.6 Å². The zero-order valence-corrected chi connectivity index (χ0v) is 15.0. The summed E-state index contributed by atoms with van der Waals surface area (Å²) in [6.07, 6.45) is 0. The lowest BCUT2D eigenvalue weighted by atomic mass is 9.96. The van der Waals surface area contributed by atoms with Crippen LogP contribution in [0.1, 0.15) is 16.7 Å². The number of rotatable bonds is 4. The van der Waals surface area contributed by atoms with Gasteiger partial charge in [0.25, 0.3) is 5.56 Å². The molecule has 0 unspecified atom stereocenters. The summed E-state index contributed by atoms with van der Waals surface area (Å²) in [6.45, 7) is 0.0989. The van der Waals surface area contributed by atoms with Crippen LogP contribution in [0, 0.1) is 28.5 Å². The third-order valence-corrected chi connectivity index (χ3v) is 4.21. The predicted molar refractivity (Wildman–Crippen MR) is 102 cm³/mol. The summed E-state index contributed by atoms with van der Waals surface area (Å²) < 4.78 is 20.0. The molecule has 3 aromatic rings. The minimum atomic E-state index is -0.754. The van der Waals surface area contributed by atoms with Gasteiger partial charge in [-0.05, 0) is 35.4 Å². The SMILES string of the molecule is N#Cc1c(N)[nH]c(=O)c(C#N)c1-c1ccc(OCc2cccc(Cl)c2)c(F)c1. The van der Waals surface area contributed by atoms with E-state index >= 15 is 0 Å². The van der Waals surface area contributed by atoms with Gasteiger partial charge in [-0.1, -0.05) is 29.8 Å². The second-order valence-electron chi connectivity index (χ2n) is 5.78. The number of aromatic amines is 1. The topological polar surface area (TPSA) is 116 Å². The van der Waals surface area contributed by atoms with Crippen molar-refractivity contribution in [1.82, 2.24) is 4.98 Å². The summed E-state index contributed by atoms with van der Waals surface area (Å²) >= 11 is 5.91. The number of aromatic nitrogens is 1. The number of ether oxygens (including phenoxy) is 1. The summed E-state index contributed by atoms with van der Waals surface area (Å²) in [6, 6.07) is 14.4. The molecule has 0 aliphatic rings. The Morgan fingerprint density at radius 1 is 1.14 bits per heavy atom. The molecule has 0 saturated carbocycles. The van der Waals surface area contributed by atoms with Gasteiger partial charge in [0, 0.05) is 10.6 Å². The minimum Gasteiger partial charge on any atom is -0.486 e. The first kappa shape index (κ1) is 19.0. The Kier molecular flexibility index (Phi) is 5.30. The molecule has 0 aliphatic carbocycles. The maximum atomic E-state index is 14.6. The van der Waals surface area contributed by atoms with Crippen LogP contribution in [0.5, 0.6) is 5.75 Å². The molecule has 1 aromatic heterocycles. The fraction of sp³-hybridized carbons (Fsp3) is 0.0500. The Balaban J connectivity index is 1.99. The Bertz CT molecular complexity index is 1210. The summed E-state index contributed by atoms with van der Waals surface area (Å²) in [5, 5.41) is 19.2. The van der Waals surface area contributed by atoms with E-state index in [4.69, 9.17) is 22.1 Å². The van der Waals surface area contributed by atoms with Crippen LogP contribution in [0.15, 0.2) is 47.3 Å². The highest BCUT2D eigenvalue weighted by atomic mass is 35.5. The maximum Gasteiger partial charge on any atom is 0.268 e. The molecule has 1 heterocycles. The second-order valence-corrected chi connectivity index (χ2v) is 6.22. The normalized spacial score (nSPS) is 10.1. The van der Waals surface area contributed by atoms with E-state index in [0.29, 0.717) is 5.02 Å². The number of H-pyrrole nitrogens is 1. The fourth-order valence-corrected chi connectivity index (χ4v) is 2.91. The highest BCUT2D eigenvalue weighted by Crippen LogP contribution is 2.31. The van der Waals surface area contributed by atoms with E-state index in [9.17, 15) is 19.7 Å². The van der Waals surface area contributed by atoms with Gasteiger partial charge in [-0.25, -0.2) is 4.39 Å². The van der Waals surface area contributed by atoms with Crippen LogP contribution >= 0.6 is 11.6 Å². The predicted octanol–water partition coefficient (Wildman–Crippen LogP) is 3.74. The first-order chi connectivity index (χ1) is 13.4. The standard InChI is InChI=1S/C20H12ClFN4O2/c21-13-3-1-2-11(6-13)10-28-17-5-4-12(7-16(17)22)18-14(8-23)19(25)26-20(27)15(18)9-24/h1-7H,10H2,(H3,25,26,27). The van der Waals surface area contributed by atoms with Crippen molar-refractivity contribution in [3.8, 4) is 29.0 Å². The summed E-state index contributed by atoms with van der Waals surface area (Å²) in [5.74, 6) is -0.937. The van der Waals surface area contributed by atoms with Crippen molar-refractivity contribution in [2.75, 3.05) is 5.73 Å². The molecule has 0 fully saturated rings. The van der Waals surface area contributed by atoms with Crippen LogP contribution in [0.3, 0.4) is 0 Å². The first-order valence-electron chi connectivity index (χ1n) is 7.97. The summed E-state index contributed by atoms with van der Waals surface area (Å²) in [7, 11) is 0. The number of pyridine rings is 1. The van der Waals surface area contributed by atoms with Crippen molar-refractivity contribution in [2.24, 2.45) is 0 Å². The Labute approximate surface area is 164 Å². The average molecular weight is 395 g/mol. The molecule has 0 bridgehead atoms. The van der Waals surface area contributed by atoms with Crippen molar-refractivity contribution in [1.29, 1.82) is 10.5 Å². The molecule has 0 radical (unpaired) electrons. The molecular weight excluding hydrogens is 383 g/mol. The number of nitrogens with two attached hydrogens (primary N) is 1. The van der Waals surface area contributed by atoms with Gasteiger partial charge in [-0.15, -0.1) is 0 Å². The van der Waals surface area contributed by atoms with Gasteiger partial charge >= 0.3 is 0 Å². The largest absolute Gasteiger partial charge is 0.486 e. The third-order valence-electron chi connectivity index (χ3n) is 3.97. The average Bonchev–Trinajstić information content (AvgIpc) is 2.66. The number of nitriles is 2. The number of hydrogen-bond donors (Lipinski definition) is 2. The van der Waals surface area contributed by atoms with E-state index in [2.05, 4.69) is 4.98 Å². The third kappa shape index (κ3) is 3.66. The molecule has 138 valence electrons. The van der Waals surface area contributed by atoms with Crippen molar-refractivity contribution < 1.29 is 9.13 Å².